The number of rotatable bonds is 5. The van der Waals surface area contributed by atoms with Crippen molar-refractivity contribution in [2.24, 2.45) is 5.41 Å². The van der Waals surface area contributed by atoms with Gasteiger partial charge in [-0.25, -0.2) is 4.39 Å². The predicted octanol–water partition coefficient (Wildman–Crippen LogP) is 2.48. The number of carbonyl (C=O) groups excluding carboxylic acids is 2. The molecule has 2 rings (SSSR count). The molecule has 0 saturated heterocycles. The van der Waals surface area contributed by atoms with Crippen LogP contribution in [0.3, 0.4) is 0 Å². The molecule has 5 heteroatoms. The summed E-state index contributed by atoms with van der Waals surface area (Å²) >= 11 is 0. The Morgan fingerprint density at radius 3 is 2.67 bits per heavy atom. The number of nitrogens with one attached hydrogen (secondary N) is 1. The van der Waals surface area contributed by atoms with Crippen LogP contribution in [0.4, 0.5) is 4.39 Å². The van der Waals surface area contributed by atoms with Crippen molar-refractivity contribution in [3.63, 3.8) is 0 Å². The summed E-state index contributed by atoms with van der Waals surface area (Å²) in [4.78, 5) is 24.3. The maximum absolute atomic E-state index is 13.2. The van der Waals surface area contributed by atoms with E-state index in [2.05, 4.69) is 5.32 Å². The molecule has 1 N–H and O–H groups in total. The van der Waals surface area contributed by atoms with Crippen LogP contribution < -0.4 is 5.32 Å². The van der Waals surface area contributed by atoms with Crippen molar-refractivity contribution in [2.45, 2.75) is 39.7 Å². The molecule has 114 valence electrons. The molecule has 1 aromatic carbocycles. The van der Waals surface area contributed by atoms with E-state index in [0.29, 0.717) is 18.4 Å². The molecule has 1 aromatic rings. The largest absolute Gasteiger partial charge is 0.465 e. The van der Waals surface area contributed by atoms with E-state index in [4.69, 9.17) is 4.74 Å². The maximum Gasteiger partial charge on any atom is 0.321 e. The van der Waals surface area contributed by atoms with Crippen molar-refractivity contribution in [3.05, 3.63) is 35.1 Å². The van der Waals surface area contributed by atoms with E-state index in [0.717, 1.165) is 12.0 Å². The van der Waals surface area contributed by atoms with Gasteiger partial charge in [0.05, 0.1) is 6.61 Å². The van der Waals surface area contributed by atoms with Gasteiger partial charge in [-0.2, -0.15) is 0 Å². The third-order valence-electron chi connectivity index (χ3n) is 4.06. The Morgan fingerprint density at radius 2 is 2.10 bits per heavy atom. The van der Waals surface area contributed by atoms with E-state index in [-0.39, 0.29) is 24.9 Å². The van der Waals surface area contributed by atoms with Gasteiger partial charge < -0.3 is 10.1 Å². The molecule has 1 saturated carbocycles. The summed E-state index contributed by atoms with van der Waals surface area (Å²) in [5, 5.41) is 2.74. The zero-order chi connectivity index (χ0) is 15.5. The third-order valence-corrected chi connectivity index (χ3v) is 4.06. The lowest BCUT2D eigenvalue weighted by Crippen LogP contribution is -2.51. The predicted molar refractivity (Wildman–Crippen MR) is 75.9 cm³/mol. The van der Waals surface area contributed by atoms with Crippen LogP contribution in [0.5, 0.6) is 0 Å². The smallest absolute Gasteiger partial charge is 0.321 e. The molecular formula is C16H20FNO3. The highest BCUT2D eigenvalue weighted by atomic mass is 19.1. The summed E-state index contributed by atoms with van der Waals surface area (Å²) in [5.74, 6) is -1.12. The van der Waals surface area contributed by atoms with Gasteiger partial charge in [0.15, 0.2) is 0 Å². The molecule has 21 heavy (non-hydrogen) atoms. The molecule has 0 heterocycles. The van der Waals surface area contributed by atoms with Crippen LogP contribution in [-0.4, -0.2) is 18.5 Å². The van der Waals surface area contributed by atoms with Crippen molar-refractivity contribution in [1.82, 2.24) is 5.32 Å². The van der Waals surface area contributed by atoms with Gasteiger partial charge in [-0.05, 0) is 49.9 Å². The molecule has 0 bridgehead atoms. The number of halogens is 1. The van der Waals surface area contributed by atoms with Crippen molar-refractivity contribution < 1.29 is 18.7 Å². The first-order valence-corrected chi connectivity index (χ1v) is 7.20. The minimum Gasteiger partial charge on any atom is -0.465 e. The highest BCUT2D eigenvalue weighted by Gasteiger charge is 2.52. The van der Waals surface area contributed by atoms with E-state index >= 15 is 0 Å². The first-order chi connectivity index (χ1) is 9.99. The number of carbonyl (C=O) groups is 2. The van der Waals surface area contributed by atoms with Crippen LogP contribution in [0.15, 0.2) is 18.2 Å². The normalized spacial score (nSPS) is 16.0. The van der Waals surface area contributed by atoms with Crippen molar-refractivity contribution in [2.75, 3.05) is 6.61 Å². The number of amides is 1. The number of hydrogen-bond acceptors (Lipinski definition) is 3. The molecular weight excluding hydrogens is 273 g/mol. The second kappa shape index (κ2) is 6.24. The van der Waals surface area contributed by atoms with Crippen LogP contribution in [-0.2, 0) is 20.9 Å². The van der Waals surface area contributed by atoms with E-state index in [9.17, 15) is 14.0 Å². The van der Waals surface area contributed by atoms with Crippen LogP contribution in [0, 0.1) is 18.2 Å². The Labute approximate surface area is 123 Å². The number of benzene rings is 1. The summed E-state index contributed by atoms with van der Waals surface area (Å²) in [6.07, 6.45) is 1.87. The Balaban J connectivity index is 2.03. The molecule has 1 aliphatic carbocycles. The lowest BCUT2D eigenvalue weighted by molar-refractivity contribution is -0.167. The average Bonchev–Trinajstić information content (AvgIpc) is 2.39. The SMILES string of the molecule is CCOC(=O)C1(C(=O)NCc2cc(F)ccc2C)CCC1. The first kappa shape index (κ1) is 15.5. The Kier molecular flexibility index (Phi) is 4.60. The molecule has 0 aliphatic heterocycles. The number of hydrogen-bond donors (Lipinski definition) is 1. The van der Waals surface area contributed by atoms with Crippen LogP contribution >= 0.6 is 0 Å². The average molecular weight is 293 g/mol. The lowest BCUT2D eigenvalue weighted by atomic mass is 9.68. The first-order valence-electron chi connectivity index (χ1n) is 7.20. The Morgan fingerprint density at radius 1 is 1.38 bits per heavy atom. The molecule has 0 unspecified atom stereocenters. The van der Waals surface area contributed by atoms with Gasteiger partial charge in [0.2, 0.25) is 5.91 Å². The molecule has 1 aliphatic rings. The molecule has 0 spiro atoms. The number of esters is 1. The topological polar surface area (TPSA) is 55.4 Å². The molecule has 4 nitrogen and oxygen atoms in total. The van der Waals surface area contributed by atoms with Gasteiger partial charge in [0.25, 0.3) is 0 Å². The fraction of sp³-hybridized carbons (Fsp3) is 0.500. The summed E-state index contributed by atoms with van der Waals surface area (Å²) in [6.45, 7) is 4.05. The minimum atomic E-state index is -1.04. The van der Waals surface area contributed by atoms with E-state index in [1.165, 1.54) is 12.1 Å². The van der Waals surface area contributed by atoms with Gasteiger partial charge in [-0.15, -0.1) is 0 Å². The Hall–Kier alpha value is -1.91. The fourth-order valence-corrected chi connectivity index (χ4v) is 2.50. The van der Waals surface area contributed by atoms with Gasteiger partial charge >= 0.3 is 5.97 Å². The van der Waals surface area contributed by atoms with E-state index in [1.807, 2.05) is 6.92 Å². The second-order valence-electron chi connectivity index (χ2n) is 5.41. The van der Waals surface area contributed by atoms with Crippen molar-refractivity contribution >= 4 is 11.9 Å². The monoisotopic (exact) mass is 293 g/mol. The van der Waals surface area contributed by atoms with Crippen LogP contribution in [0.1, 0.15) is 37.3 Å². The molecule has 0 atom stereocenters. The lowest BCUT2D eigenvalue weighted by Gasteiger charge is -2.37. The molecule has 1 amide bonds. The Bertz CT molecular complexity index is 552. The van der Waals surface area contributed by atoms with E-state index in [1.54, 1.807) is 13.0 Å². The van der Waals surface area contributed by atoms with Crippen LogP contribution in [0.25, 0.3) is 0 Å². The van der Waals surface area contributed by atoms with Crippen molar-refractivity contribution in [3.8, 4) is 0 Å². The maximum atomic E-state index is 13.2. The highest BCUT2D eigenvalue weighted by Crippen LogP contribution is 2.42. The van der Waals surface area contributed by atoms with Gasteiger partial charge in [-0.3, -0.25) is 9.59 Å². The van der Waals surface area contributed by atoms with Gasteiger partial charge in [0.1, 0.15) is 11.2 Å². The number of aryl methyl sites for hydroxylation is 1. The fourth-order valence-electron chi connectivity index (χ4n) is 2.50. The summed E-state index contributed by atoms with van der Waals surface area (Å²) in [5.41, 5.74) is 0.564. The van der Waals surface area contributed by atoms with E-state index < -0.39 is 11.4 Å². The summed E-state index contributed by atoms with van der Waals surface area (Å²) < 4.78 is 18.2. The molecule has 0 aromatic heterocycles. The quantitative estimate of drug-likeness (QED) is 0.670. The zero-order valence-corrected chi connectivity index (χ0v) is 12.4. The highest BCUT2D eigenvalue weighted by molar-refractivity contribution is 6.03. The summed E-state index contributed by atoms with van der Waals surface area (Å²) in [7, 11) is 0. The second-order valence-corrected chi connectivity index (χ2v) is 5.41. The zero-order valence-electron chi connectivity index (χ0n) is 12.4. The summed E-state index contributed by atoms with van der Waals surface area (Å²) in [6, 6.07) is 4.45. The standard InChI is InChI=1S/C16H20FNO3/c1-3-21-15(20)16(7-4-8-16)14(19)18-10-12-9-13(17)6-5-11(12)2/h5-6,9H,3-4,7-8,10H2,1-2H3,(H,18,19). The molecule has 1 fully saturated rings. The number of ether oxygens (including phenoxy) is 1. The third kappa shape index (κ3) is 3.06. The van der Waals surface area contributed by atoms with Crippen LogP contribution in [0.2, 0.25) is 0 Å². The molecule has 0 radical (unpaired) electrons. The van der Waals surface area contributed by atoms with Crippen molar-refractivity contribution in [1.29, 1.82) is 0 Å². The minimum absolute atomic E-state index is 0.212. The van der Waals surface area contributed by atoms with Gasteiger partial charge in [-0.1, -0.05) is 12.5 Å². The van der Waals surface area contributed by atoms with Gasteiger partial charge in [0, 0.05) is 6.54 Å².